The third-order valence-corrected chi connectivity index (χ3v) is 3.07. The predicted molar refractivity (Wildman–Crippen MR) is 63.6 cm³/mol. The maximum atomic E-state index is 11.5. The highest BCUT2D eigenvalue weighted by molar-refractivity contribution is 9.10. The molecule has 0 saturated heterocycles. The first-order chi connectivity index (χ1) is 7.61. The summed E-state index contributed by atoms with van der Waals surface area (Å²) >= 11 is 3.37. The van der Waals surface area contributed by atoms with Gasteiger partial charge in [-0.2, -0.15) is 0 Å². The molecule has 0 fully saturated rings. The minimum absolute atomic E-state index is 0.279. The third-order valence-electron chi connectivity index (χ3n) is 2.58. The van der Waals surface area contributed by atoms with Crippen LogP contribution in [0.1, 0.15) is 5.56 Å². The SMILES string of the molecule is COC(=O)N1C[C@H](O)Cc2cc(Br)ccc21. The van der Waals surface area contributed by atoms with Gasteiger partial charge >= 0.3 is 6.09 Å². The van der Waals surface area contributed by atoms with Crippen molar-refractivity contribution >= 4 is 27.7 Å². The number of benzene rings is 1. The van der Waals surface area contributed by atoms with Crippen molar-refractivity contribution in [2.24, 2.45) is 0 Å². The summed E-state index contributed by atoms with van der Waals surface area (Å²) in [7, 11) is 1.34. The Kier molecular flexibility index (Phi) is 3.16. The number of β-amino-alcohol motifs (C(OH)–C–C–N with tert-alkyl or cyclic N) is 1. The average molecular weight is 286 g/mol. The number of amides is 1. The van der Waals surface area contributed by atoms with Crippen LogP contribution in [-0.4, -0.2) is 31.0 Å². The highest BCUT2D eigenvalue weighted by atomic mass is 79.9. The van der Waals surface area contributed by atoms with Crippen molar-refractivity contribution < 1.29 is 14.6 Å². The fraction of sp³-hybridized carbons (Fsp3) is 0.364. The molecule has 2 rings (SSSR count). The number of fused-ring (bicyclic) bond motifs is 1. The number of methoxy groups -OCH3 is 1. The number of rotatable bonds is 0. The maximum absolute atomic E-state index is 11.5. The zero-order valence-electron chi connectivity index (χ0n) is 8.81. The van der Waals surface area contributed by atoms with Crippen molar-refractivity contribution in [2.45, 2.75) is 12.5 Å². The van der Waals surface area contributed by atoms with Gasteiger partial charge in [0.25, 0.3) is 0 Å². The number of halogens is 1. The van der Waals surface area contributed by atoms with E-state index in [1.54, 1.807) is 0 Å². The van der Waals surface area contributed by atoms with Gasteiger partial charge in [0, 0.05) is 10.9 Å². The number of anilines is 1. The molecule has 1 aromatic carbocycles. The number of carbonyl (C=O) groups is 1. The fourth-order valence-corrected chi connectivity index (χ4v) is 2.30. The van der Waals surface area contributed by atoms with Gasteiger partial charge in [-0.1, -0.05) is 15.9 Å². The summed E-state index contributed by atoms with van der Waals surface area (Å²) < 4.78 is 5.62. The first-order valence-electron chi connectivity index (χ1n) is 4.94. The second kappa shape index (κ2) is 4.43. The molecule has 0 radical (unpaired) electrons. The number of hydrogen-bond donors (Lipinski definition) is 1. The monoisotopic (exact) mass is 285 g/mol. The van der Waals surface area contributed by atoms with Gasteiger partial charge in [-0.05, 0) is 23.8 Å². The average Bonchev–Trinajstić information content (AvgIpc) is 2.26. The van der Waals surface area contributed by atoms with E-state index in [4.69, 9.17) is 0 Å². The molecule has 1 aliphatic rings. The highest BCUT2D eigenvalue weighted by Crippen LogP contribution is 2.30. The summed E-state index contributed by atoms with van der Waals surface area (Å²) in [5, 5.41) is 9.70. The van der Waals surface area contributed by atoms with Crippen LogP contribution in [0.4, 0.5) is 10.5 Å². The predicted octanol–water partition coefficient (Wildman–Crippen LogP) is 1.94. The Morgan fingerprint density at radius 2 is 2.38 bits per heavy atom. The third kappa shape index (κ3) is 2.05. The molecule has 1 aliphatic heterocycles. The minimum Gasteiger partial charge on any atom is -0.452 e. The summed E-state index contributed by atoms with van der Waals surface area (Å²) in [6.07, 6.45) is -0.425. The van der Waals surface area contributed by atoms with Crippen LogP contribution in [0.5, 0.6) is 0 Å². The van der Waals surface area contributed by atoms with Gasteiger partial charge in [0.1, 0.15) is 0 Å². The Balaban J connectivity index is 2.41. The number of carbonyl (C=O) groups excluding carboxylic acids is 1. The number of nitrogens with zero attached hydrogens (tertiary/aromatic N) is 1. The van der Waals surface area contributed by atoms with Crippen LogP contribution in [-0.2, 0) is 11.2 Å². The molecule has 16 heavy (non-hydrogen) atoms. The standard InChI is InChI=1S/C11H12BrNO3/c1-16-11(15)13-6-9(14)5-7-4-8(12)2-3-10(7)13/h2-4,9,14H,5-6H2,1H3/t9-/m1/s1. The van der Waals surface area contributed by atoms with Crippen molar-refractivity contribution in [3.63, 3.8) is 0 Å². The molecule has 86 valence electrons. The van der Waals surface area contributed by atoms with Gasteiger partial charge in [-0.3, -0.25) is 4.90 Å². The molecule has 1 aromatic rings. The van der Waals surface area contributed by atoms with E-state index < -0.39 is 12.2 Å². The van der Waals surface area contributed by atoms with Gasteiger partial charge in [0.05, 0.1) is 25.4 Å². The molecule has 0 spiro atoms. The van der Waals surface area contributed by atoms with Crippen LogP contribution in [0, 0.1) is 0 Å². The summed E-state index contributed by atoms with van der Waals surface area (Å²) in [6, 6.07) is 5.63. The molecular formula is C11H12BrNO3. The van der Waals surface area contributed by atoms with Gasteiger partial charge in [-0.15, -0.1) is 0 Å². The Bertz CT molecular complexity index is 422. The number of aliphatic hydroxyl groups excluding tert-OH is 1. The van der Waals surface area contributed by atoms with E-state index in [-0.39, 0.29) is 6.54 Å². The molecule has 1 atom stereocenters. The lowest BCUT2D eigenvalue weighted by molar-refractivity contribution is 0.153. The molecule has 0 bridgehead atoms. The van der Waals surface area contributed by atoms with Crippen LogP contribution in [0.3, 0.4) is 0 Å². The van der Waals surface area contributed by atoms with E-state index in [9.17, 15) is 9.90 Å². The molecule has 0 aromatic heterocycles. The van der Waals surface area contributed by atoms with E-state index in [0.717, 1.165) is 15.7 Å². The van der Waals surface area contributed by atoms with Gasteiger partial charge < -0.3 is 9.84 Å². The van der Waals surface area contributed by atoms with Crippen molar-refractivity contribution in [3.05, 3.63) is 28.2 Å². The zero-order valence-corrected chi connectivity index (χ0v) is 10.4. The van der Waals surface area contributed by atoms with Crippen molar-refractivity contribution in [3.8, 4) is 0 Å². The normalized spacial score (nSPS) is 19.2. The second-order valence-electron chi connectivity index (χ2n) is 3.71. The van der Waals surface area contributed by atoms with Crippen LogP contribution in [0.25, 0.3) is 0 Å². The summed E-state index contributed by atoms with van der Waals surface area (Å²) in [6.45, 7) is 0.279. The molecule has 0 unspecified atom stereocenters. The number of aliphatic hydroxyl groups is 1. The van der Waals surface area contributed by atoms with Crippen molar-refractivity contribution in [1.29, 1.82) is 0 Å². The maximum Gasteiger partial charge on any atom is 0.414 e. The molecule has 1 N–H and O–H groups in total. The first kappa shape index (κ1) is 11.4. The van der Waals surface area contributed by atoms with E-state index in [1.165, 1.54) is 12.0 Å². The lowest BCUT2D eigenvalue weighted by Gasteiger charge is -2.31. The van der Waals surface area contributed by atoms with E-state index in [2.05, 4.69) is 20.7 Å². The van der Waals surface area contributed by atoms with E-state index in [1.807, 2.05) is 18.2 Å². The molecular weight excluding hydrogens is 274 g/mol. The first-order valence-corrected chi connectivity index (χ1v) is 5.73. The minimum atomic E-state index is -0.541. The van der Waals surface area contributed by atoms with Crippen molar-refractivity contribution in [2.75, 3.05) is 18.6 Å². The molecule has 1 heterocycles. The topological polar surface area (TPSA) is 49.8 Å². The molecule has 0 saturated carbocycles. The van der Waals surface area contributed by atoms with Gasteiger partial charge in [0.15, 0.2) is 0 Å². The molecule has 1 amide bonds. The zero-order chi connectivity index (χ0) is 11.7. The lowest BCUT2D eigenvalue weighted by atomic mass is 10.0. The van der Waals surface area contributed by atoms with Crippen LogP contribution in [0.2, 0.25) is 0 Å². The summed E-state index contributed by atoms with van der Waals surface area (Å²) in [4.78, 5) is 13.0. The van der Waals surface area contributed by atoms with E-state index >= 15 is 0 Å². The largest absolute Gasteiger partial charge is 0.452 e. The van der Waals surface area contributed by atoms with Gasteiger partial charge in [0.2, 0.25) is 0 Å². The van der Waals surface area contributed by atoms with Crippen LogP contribution in [0.15, 0.2) is 22.7 Å². The smallest absolute Gasteiger partial charge is 0.414 e. The quantitative estimate of drug-likeness (QED) is 0.793. The van der Waals surface area contributed by atoms with Crippen LogP contribution < -0.4 is 4.90 Å². The Morgan fingerprint density at radius 3 is 3.06 bits per heavy atom. The van der Waals surface area contributed by atoms with Gasteiger partial charge in [-0.25, -0.2) is 4.79 Å². The fourth-order valence-electron chi connectivity index (χ4n) is 1.89. The lowest BCUT2D eigenvalue weighted by Crippen LogP contribution is -2.42. The molecule has 0 aliphatic carbocycles. The second-order valence-corrected chi connectivity index (χ2v) is 4.63. The van der Waals surface area contributed by atoms with Crippen LogP contribution >= 0.6 is 15.9 Å². The van der Waals surface area contributed by atoms with Crippen molar-refractivity contribution in [1.82, 2.24) is 0 Å². The number of ether oxygens (including phenoxy) is 1. The highest BCUT2D eigenvalue weighted by Gasteiger charge is 2.27. The Hall–Kier alpha value is -1.07. The summed E-state index contributed by atoms with van der Waals surface area (Å²) in [5.41, 5.74) is 1.75. The number of hydrogen-bond acceptors (Lipinski definition) is 3. The Morgan fingerprint density at radius 1 is 1.62 bits per heavy atom. The molecule has 5 heteroatoms. The molecule has 4 nitrogen and oxygen atoms in total. The van der Waals surface area contributed by atoms with E-state index in [0.29, 0.717) is 6.42 Å². The Labute approximate surface area is 102 Å². The summed E-state index contributed by atoms with van der Waals surface area (Å²) in [5.74, 6) is 0.